The Morgan fingerprint density at radius 1 is 1.12 bits per heavy atom. The summed E-state index contributed by atoms with van der Waals surface area (Å²) < 4.78 is 41.6. The van der Waals surface area contributed by atoms with Gasteiger partial charge in [0.25, 0.3) is 0 Å². The van der Waals surface area contributed by atoms with Crippen molar-refractivity contribution in [3.63, 3.8) is 0 Å². The summed E-state index contributed by atoms with van der Waals surface area (Å²) in [4.78, 5) is 21.0. The second-order valence-corrected chi connectivity index (χ2v) is 7.33. The van der Waals surface area contributed by atoms with Gasteiger partial charge < -0.3 is 13.9 Å². The molecule has 0 saturated heterocycles. The van der Waals surface area contributed by atoms with Crippen molar-refractivity contribution in [2.24, 2.45) is 0 Å². The minimum atomic E-state index is -2.96. The van der Waals surface area contributed by atoms with E-state index in [0.717, 1.165) is 18.4 Å². The van der Waals surface area contributed by atoms with E-state index in [4.69, 9.17) is 9.15 Å². The standard InChI is InChI=1S/C24H26F2N2O4/c1-4-18(5-2)31-21-13-16(8-11-20(21)32-24(25)26)23-28-17(14-30-23)9-10-19(29)22-15(3)7-6-12-27-22/h6-8,11-14,18,24H,4-5,9-10H2,1-3H3. The molecule has 0 N–H and O–H groups in total. The lowest BCUT2D eigenvalue weighted by Crippen LogP contribution is -2.15. The van der Waals surface area contributed by atoms with Crippen molar-refractivity contribution < 1.29 is 27.5 Å². The molecule has 3 aromatic rings. The molecule has 0 amide bonds. The van der Waals surface area contributed by atoms with Crippen LogP contribution in [0.3, 0.4) is 0 Å². The Kier molecular flexibility index (Phi) is 7.92. The molecule has 0 radical (unpaired) electrons. The second kappa shape index (κ2) is 10.8. The minimum absolute atomic E-state index is 0.0428. The molecule has 32 heavy (non-hydrogen) atoms. The average Bonchev–Trinajstić information content (AvgIpc) is 3.26. The lowest BCUT2D eigenvalue weighted by Gasteiger charge is -2.18. The summed E-state index contributed by atoms with van der Waals surface area (Å²) in [5.74, 6) is 0.400. The minimum Gasteiger partial charge on any atom is -0.487 e. The van der Waals surface area contributed by atoms with Crippen LogP contribution < -0.4 is 9.47 Å². The third kappa shape index (κ3) is 5.90. The maximum atomic E-state index is 12.8. The lowest BCUT2D eigenvalue weighted by molar-refractivity contribution is -0.0521. The Labute approximate surface area is 185 Å². The van der Waals surface area contributed by atoms with Crippen LogP contribution in [0.1, 0.15) is 54.9 Å². The first-order valence-corrected chi connectivity index (χ1v) is 10.6. The number of nitrogens with zero attached hydrogens (tertiary/aromatic N) is 2. The quantitative estimate of drug-likeness (QED) is 0.336. The first-order valence-electron chi connectivity index (χ1n) is 10.6. The van der Waals surface area contributed by atoms with E-state index in [-0.39, 0.29) is 29.8 Å². The molecule has 0 atom stereocenters. The first kappa shape index (κ1) is 23.4. The molecule has 0 bridgehead atoms. The highest BCUT2D eigenvalue weighted by molar-refractivity contribution is 5.95. The van der Waals surface area contributed by atoms with Crippen LogP contribution in [-0.2, 0) is 6.42 Å². The number of carbonyl (C=O) groups is 1. The fourth-order valence-corrected chi connectivity index (χ4v) is 3.25. The Balaban J connectivity index is 1.75. The molecular formula is C24H26F2N2O4. The Morgan fingerprint density at radius 3 is 2.59 bits per heavy atom. The van der Waals surface area contributed by atoms with Gasteiger partial charge in [-0.05, 0) is 49.6 Å². The van der Waals surface area contributed by atoms with Gasteiger partial charge in [0.15, 0.2) is 17.3 Å². The van der Waals surface area contributed by atoms with Crippen molar-refractivity contribution >= 4 is 5.78 Å². The lowest BCUT2D eigenvalue weighted by atomic mass is 10.1. The number of hydrogen-bond donors (Lipinski definition) is 0. The molecule has 0 unspecified atom stereocenters. The number of ketones is 1. The van der Waals surface area contributed by atoms with Gasteiger partial charge >= 0.3 is 6.61 Å². The van der Waals surface area contributed by atoms with Crippen LogP contribution in [0.15, 0.2) is 47.2 Å². The summed E-state index contributed by atoms with van der Waals surface area (Å²) in [6.07, 6.45) is 5.03. The maximum Gasteiger partial charge on any atom is 0.387 e. The predicted molar refractivity (Wildman–Crippen MR) is 115 cm³/mol. The van der Waals surface area contributed by atoms with E-state index in [2.05, 4.69) is 14.7 Å². The molecule has 0 fully saturated rings. The summed E-state index contributed by atoms with van der Waals surface area (Å²) >= 11 is 0. The van der Waals surface area contributed by atoms with Crippen molar-refractivity contribution in [3.05, 3.63) is 59.7 Å². The Morgan fingerprint density at radius 2 is 1.91 bits per heavy atom. The number of alkyl halides is 2. The summed E-state index contributed by atoms with van der Waals surface area (Å²) in [5, 5.41) is 0. The average molecular weight is 444 g/mol. The van der Waals surface area contributed by atoms with Crippen LogP contribution in [0.4, 0.5) is 8.78 Å². The number of benzene rings is 1. The van der Waals surface area contributed by atoms with Crippen LogP contribution in [0, 0.1) is 6.92 Å². The summed E-state index contributed by atoms with van der Waals surface area (Å²) in [6, 6.07) is 8.20. The fraction of sp³-hybridized carbons (Fsp3) is 0.375. The largest absolute Gasteiger partial charge is 0.487 e. The zero-order valence-electron chi connectivity index (χ0n) is 18.3. The Bertz CT molecular complexity index is 1050. The van der Waals surface area contributed by atoms with Crippen molar-refractivity contribution in [2.45, 2.75) is 59.2 Å². The molecule has 1 aromatic carbocycles. The molecular weight excluding hydrogens is 418 g/mol. The third-order valence-corrected chi connectivity index (χ3v) is 5.04. The molecule has 170 valence electrons. The molecule has 0 spiro atoms. The van der Waals surface area contributed by atoms with Crippen molar-refractivity contribution in [2.75, 3.05) is 0 Å². The zero-order valence-corrected chi connectivity index (χ0v) is 18.3. The van der Waals surface area contributed by atoms with Crippen molar-refractivity contribution in [3.8, 4) is 23.0 Å². The molecule has 8 heteroatoms. The number of carbonyl (C=O) groups excluding carboxylic acids is 1. The van der Waals surface area contributed by atoms with Gasteiger partial charge in [-0.3, -0.25) is 9.78 Å². The number of oxazole rings is 1. The monoisotopic (exact) mass is 444 g/mol. The number of Topliss-reactive ketones (excluding diaryl/α,β-unsaturated/α-hetero) is 1. The summed E-state index contributed by atoms with van der Waals surface area (Å²) in [7, 11) is 0. The zero-order chi connectivity index (χ0) is 23.1. The number of pyridine rings is 1. The second-order valence-electron chi connectivity index (χ2n) is 7.33. The van der Waals surface area contributed by atoms with Gasteiger partial charge in [0, 0.05) is 24.6 Å². The van der Waals surface area contributed by atoms with Crippen molar-refractivity contribution in [1.29, 1.82) is 0 Å². The highest BCUT2D eigenvalue weighted by atomic mass is 19.3. The van der Waals surface area contributed by atoms with Gasteiger partial charge in [0.05, 0.1) is 11.8 Å². The fourth-order valence-electron chi connectivity index (χ4n) is 3.25. The number of aryl methyl sites for hydroxylation is 2. The molecule has 3 rings (SSSR count). The van der Waals surface area contributed by atoms with Gasteiger partial charge in [-0.1, -0.05) is 19.9 Å². The number of rotatable bonds is 11. The molecule has 2 heterocycles. The van der Waals surface area contributed by atoms with Crippen molar-refractivity contribution in [1.82, 2.24) is 9.97 Å². The van der Waals surface area contributed by atoms with E-state index in [1.54, 1.807) is 24.4 Å². The molecule has 0 saturated carbocycles. The third-order valence-electron chi connectivity index (χ3n) is 5.04. The van der Waals surface area contributed by atoms with E-state index in [1.165, 1.54) is 12.3 Å². The highest BCUT2D eigenvalue weighted by Gasteiger charge is 2.18. The topological polar surface area (TPSA) is 74.5 Å². The van der Waals surface area contributed by atoms with E-state index in [1.807, 2.05) is 26.8 Å². The predicted octanol–water partition coefficient (Wildman–Crippen LogP) is 6.03. The molecule has 2 aromatic heterocycles. The highest BCUT2D eigenvalue weighted by Crippen LogP contribution is 2.35. The molecule has 0 aliphatic rings. The smallest absolute Gasteiger partial charge is 0.387 e. The molecule has 0 aliphatic carbocycles. The number of ether oxygens (including phenoxy) is 2. The van der Waals surface area contributed by atoms with Crippen LogP contribution in [0.25, 0.3) is 11.5 Å². The number of halogens is 2. The van der Waals surface area contributed by atoms with Crippen LogP contribution in [0.2, 0.25) is 0 Å². The van der Waals surface area contributed by atoms with Gasteiger partial charge in [-0.15, -0.1) is 0 Å². The maximum absolute atomic E-state index is 12.8. The van der Waals surface area contributed by atoms with Crippen LogP contribution in [-0.4, -0.2) is 28.5 Å². The number of aromatic nitrogens is 2. The van der Waals surface area contributed by atoms with Gasteiger partial charge in [0.1, 0.15) is 12.0 Å². The Hall–Kier alpha value is -3.29. The van der Waals surface area contributed by atoms with Crippen LogP contribution in [0.5, 0.6) is 11.5 Å². The molecule has 6 nitrogen and oxygen atoms in total. The normalized spacial score (nSPS) is 11.2. The summed E-state index contributed by atoms with van der Waals surface area (Å²) in [6.45, 7) is 2.80. The van der Waals surface area contributed by atoms with Crippen LogP contribution >= 0.6 is 0 Å². The van der Waals surface area contributed by atoms with Gasteiger partial charge in [0.2, 0.25) is 5.89 Å². The van der Waals surface area contributed by atoms with E-state index < -0.39 is 6.61 Å². The SMILES string of the molecule is CCC(CC)Oc1cc(-c2nc(CCC(=O)c3ncccc3C)co2)ccc1OC(F)F. The van der Waals surface area contributed by atoms with Gasteiger partial charge in [-0.2, -0.15) is 8.78 Å². The molecule has 0 aliphatic heterocycles. The number of hydrogen-bond acceptors (Lipinski definition) is 6. The van der Waals surface area contributed by atoms with E-state index >= 15 is 0 Å². The van der Waals surface area contributed by atoms with E-state index in [0.29, 0.717) is 29.3 Å². The summed E-state index contributed by atoms with van der Waals surface area (Å²) in [5.41, 5.74) is 2.45. The van der Waals surface area contributed by atoms with Gasteiger partial charge in [-0.25, -0.2) is 4.98 Å². The van der Waals surface area contributed by atoms with E-state index in [9.17, 15) is 13.6 Å². The first-order chi connectivity index (χ1) is 15.4.